The van der Waals surface area contributed by atoms with E-state index in [1.54, 1.807) is 12.1 Å². The van der Waals surface area contributed by atoms with Gasteiger partial charge in [-0.3, -0.25) is 5.01 Å². The Bertz CT molecular complexity index is 383. The first-order valence-electron chi connectivity index (χ1n) is 5.69. The Labute approximate surface area is 99.0 Å². The molecule has 0 aromatic heterocycles. The van der Waals surface area contributed by atoms with Gasteiger partial charge in [0, 0.05) is 25.6 Å². The molecule has 92 valence electrons. The van der Waals surface area contributed by atoms with Gasteiger partial charge in [-0.1, -0.05) is 12.1 Å². The van der Waals surface area contributed by atoms with Gasteiger partial charge < -0.3 is 5.11 Å². The van der Waals surface area contributed by atoms with Crippen molar-refractivity contribution in [3.05, 3.63) is 40.6 Å². The maximum Gasteiger partial charge on any atom is 0.123 e. The van der Waals surface area contributed by atoms with E-state index in [9.17, 15) is 14.4 Å². The third-order valence-corrected chi connectivity index (χ3v) is 3.36. The van der Waals surface area contributed by atoms with Crippen molar-refractivity contribution in [3.8, 4) is 0 Å². The Morgan fingerprint density at radius 1 is 1.41 bits per heavy atom. The average Bonchev–Trinajstić information content (AvgIpc) is 2.39. The standard InChI is InChI=1S/C12H15FN2O2/c13-11-3-1-9(2-4-11)12-5-6-15(14-17)7-10(12)8-16/h1-4,10,12,16H,5-8H2/t10-,12-/m0/s1. The highest BCUT2D eigenvalue weighted by atomic mass is 19.1. The summed E-state index contributed by atoms with van der Waals surface area (Å²) in [7, 11) is 0. The van der Waals surface area contributed by atoms with Crippen molar-refractivity contribution in [1.82, 2.24) is 5.01 Å². The highest BCUT2D eigenvalue weighted by Gasteiger charge is 2.29. The molecule has 0 saturated carbocycles. The number of aliphatic hydroxyl groups excluding tert-OH is 1. The van der Waals surface area contributed by atoms with Crippen LogP contribution in [0.3, 0.4) is 0 Å². The zero-order chi connectivity index (χ0) is 12.3. The number of rotatable bonds is 3. The van der Waals surface area contributed by atoms with Crippen molar-refractivity contribution in [1.29, 1.82) is 0 Å². The predicted octanol–water partition coefficient (Wildman–Crippen LogP) is 1.90. The minimum absolute atomic E-state index is 0.00800. The molecule has 1 N–H and O–H groups in total. The van der Waals surface area contributed by atoms with Crippen molar-refractivity contribution >= 4 is 0 Å². The first-order chi connectivity index (χ1) is 8.24. The number of aliphatic hydroxyl groups is 1. The van der Waals surface area contributed by atoms with Gasteiger partial charge >= 0.3 is 0 Å². The molecule has 1 aromatic carbocycles. The van der Waals surface area contributed by atoms with Crippen molar-refractivity contribution in [2.45, 2.75) is 12.3 Å². The van der Waals surface area contributed by atoms with Crippen LogP contribution in [0.4, 0.5) is 4.39 Å². The van der Waals surface area contributed by atoms with Gasteiger partial charge in [-0.25, -0.2) is 4.39 Å². The number of halogens is 1. The lowest BCUT2D eigenvalue weighted by molar-refractivity contribution is 0.103. The normalized spacial score (nSPS) is 24.7. The van der Waals surface area contributed by atoms with E-state index >= 15 is 0 Å². The molecule has 0 spiro atoms. The Balaban J connectivity index is 2.14. The second-order valence-corrected chi connectivity index (χ2v) is 4.38. The molecule has 1 saturated heterocycles. The topological polar surface area (TPSA) is 52.9 Å². The molecule has 1 aromatic rings. The molecule has 1 heterocycles. The number of piperidine rings is 1. The highest BCUT2D eigenvalue weighted by Crippen LogP contribution is 2.32. The van der Waals surface area contributed by atoms with Crippen LogP contribution in [-0.4, -0.2) is 29.8 Å². The zero-order valence-electron chi connectivity index (χ0n) is 9.42. The maximum absolute atomic E-state index is 12.8. The molecule has 17 heavy (non-hydrogen) atoms. The third kappa shape index (κ3) is 2.61. The van der Waals surface area contributed by atoms with Crippen LogP contribution in [0.1, 0.15) is 17.9 Å². The van der Waals surface area contributed by atoms with Crippen LogP contribution in [-0.2, 0) is 0 Å². The van der Waals surface area contributed by atoms with Crippen molar-refractivity contribution in [2.24, 2.45) is 11.2 Å². The van der Waals surface area contributed by atoms with E-state index in [0.717, 1.165) is 12.0 Å². The van der Waals surface area contributed by atoms with Crippen molar-refractivity contribution in [2.75, 3.05) is 19.7 Å². The molecule has 4 nitrogen and oxygen atoms in total. The van der Waals surface area contributed by atoms with Crippen LogP contribution < -0.4 is 0 Å². The van der Waals surface area contributed by atoms with E-state index in [0.29, 0.717) is 13.1 Å². The van der Waals surface area contributed by atoms with Crippen LogP contribution >= 0.6 is 0 Å². The summed E-state index contributed by atoms with van der Waals surface area (Å²) in [5.74, 6) is -0.119. The van der Waals surface area contributed by atoms with E-state index < -0.39 is 0 Å². The fourth-order valence-electron chi connectivity index (χ4n) is 2.42. The van der Waals surface area contributed by atoms with E-state index in [1.165, 1.54) is 17.1 Å². The van der Waals surface area contributed by atoms with Gasteiger partial charge in [-0.15, -0.1) is 4.91 Å². The van der Waals surface area contributed by atoms with Crippen LogP contribution in [0.2, 0.25) is 0 Å². The van der Waals surface area contributed by atoms with E-state index in [2.05, 4.69) is 5.29 Å². The van der Waals surface area contributed by atoms with Crippen LogP contribution in [0.15, 0.2) is 29.6 Å². The lowest BCUT2D eigenvalue weighted by Crippen LogP contribution is -2.37. The summed E-state index contributed by atoms with van der Waals surface area (Å²) in [6.07, 6.45) is 0.753. The quantitative estimate of drug-likeness (QED) is 0.818. The van der Waals surface area contributed by atoms with Gasteiger partial charge in [-0.05, 0) is 30.0 Å². The molecule has 1 aliphatic heterocycles. The van der Waals surface area contributed by atoms with Crippen LogP contribution in [0.25, 0.3) is 0 Å². The number of hydrogen-bond acceptors (Lipinski definition) is 3. The molecule has 0 radical (unpaired) electrons. The average molecular weight is 238 g/mol. The Hall–Kier alpha value is -1.49. The summed E-state index contributed by atoms with van der Waals surface area (Å²) < 4.78 is 12.8. The van der Waals surface area contributed by atoms with Gasteiger partial charge in [-0.2, -0.15) is 0 Å². The van der Waals surface area contributed by atoms with Crippen molar-refractivity contribution < 1.29 is 9.50 Å². The molecule has 2 rings (SSSR count). The Morgan fingerprint density at radius 3 is 2.71 bits per heavy atom. The monoisotopic (exact) mass is 238 g/mol. The van der Waals surface area contributed by atoms with Gasteiger partial charge in [0.05, 0.1) is 5.29 Å². The molecular weight excluding hydrogens is 223 g/mol. The van der Waals surface area contributed by atoms with Gasteiger partial charge in [0.1, 0.15) is 5.82 Å². The summed E-state index contributed by atoms with van der Waals surface area (Å²) in [4.78, 5) is 10.5. The molecule has 0 aliphatic carbocycles. The Kier molecular flexibility index (Phi) is 3.68. The summed E-state index contributed by atoms with van der Waals surface area (Å²) in [5.41, 5.74) is 1.01. The predicted molar refractivity (Wildman–Crippen MR) is 61.7 cm³/mol. The summed E-state index contributed by atoms with van der Waals surface area (Å²) in [6.45, 7) is 1.05. The maximum atomic E-state index is 12.8. The van der Waals surface area contributed by atoms with Crippen LogP contribution in [0.5, 0.6) is 0 Å². The first-order valence-corrected chi connectivity index (χ1v) is 5.69. The molecule has 1 fully saturated rings. The number of nitroso groups, excluding NO2 is 1. The number of hydrogen-bond donors (Lipinski definition) is 1. The summed E-state index contributed by atoms with van der Waals surface area (Å²) in [6, 6.07) is 6.33. The molecule has 0 unspecified atom stereocenters. The molecule has 0 bridgehead atoms. The summed E-state index contributed by atoms with van der Waals surface area (Å²) >= 11 is 0. The lowest BCUT2D eigenvalue weighted by atomic mass is 9.81. The molecule has 0 amide bonds. The second kappa shape index (κ2) is 5.23. The van der Waals surface area contributed by atoms with Crippen LogP contribution in [0, 0.1) is 16.6 Å². The summed E-state index contributed by atoms with van der Waals surface area (Å²) in [5, 5.41) is 13.7. The molecule has 1 aliphatic rings. The van der Waals surface area contributed by atoms with Gasteiger partial charge in [0.2, 0.25) is 0 Å². The van der Waals surface area contributed by atoms with E-state index in [-0.39, 0.29) is 24.3 Å². The molecule has 2 atom stereocenters. The minimum Gasteiger partial charge on any atom is -0.396 e. The fraction of sp³-hybridized carbons (Fsp3) is 0.500. The van der Waals surface area contributed by atoms with Gasteiger partial charge in [0.25, 0.3) is 0 Å². The largest absolute Gasteiger partial charge is 0.396 e. The fourth-order valence-corrected chi connectivity index (χ4v) is 2.42. The zero-order valence-corrected chi connectivity index (χ0v) is 9.42. The minimum atomic E-state index is -0.263. The molecular formula is C12H15FN2O2. The lowest BCUT2D eigenvalue weighted by Gasteiger charge is -2.34. The first kappa shape index (κ1) is 12.0. The SMILES string of the molecule is O=NN1CC[C@@H](c2ccc(F)cc2)[C@H](CO)C1. The number of nitrogens with zero attached hydrogens (tertiary/aromatic N) is 2. The highest BCUT2D eigenvalue weighted by molar-refractivity contribution is 5.22. The van der Waals surface area contributed by atoms with Crippen molar-refractivity contribution in [3.63, 3.8) is 0 Å². The van der Waals surface area contributed by atoms with E-state index in [1.807, 2.05) is 0 Å². The smallest absolute Gasteiger partial charge is 0.123 e. The number of benzene rings is 1. The Morgan fingerprint density at radius 2 is 2.12 bits per heavy atom. The molecule has 5 heteroatoms. The second-order valence-electron chi connectivity index (χ2n) is 4.38. The third-order valence-electron chi connectivity index (χ3n) is 3.36. The van der Waals surface area contributed by atoms with E-state index in [4.69, 9.17) is 0 Å². The van der Waals surface area contributed by atoms with Gasteiger partial charge in [0.15, 0.2) is 0 Å².